The molecule has 0 aliphatic carbocycles. The second kappa shape index (κ2) is 6.90. The maximum atomic E-state index is 12.2. The molecule has 124 valence electrons. The van der Waals surface area contributed by atoms with Crippen molar-refractivity contribution < 1.29 is 9.21 Å². The van der Waals surface area contributed by atoms with Crippen LogP contribution in [0.3, 0.4) is 0 Å². The van der Waals surface area contributed by atoms with Gasteiger partial charge in [0.1, 0.15) is 11.5 Å². The molecular formula is C19H26N2O2. The van der Waals surface area contributed by atoms with E-state index in [-0.39, 0.29) is 17.9 Å². The monoisotopic (exact) mass is 314 g/mol. The average Bonchev–Trinajstić information content (AvgIpc) is 2.89. The first-order chi connectivity index (χ1) is 10.8. The van der Waals surface area contributed by atoms with Crippen molar-refractivity contribution in [1.82, 2.24) is 4.90 Å². The molecule has 0 aliphatic heterocycles. The molecule has 0 saturated heterocycles. The smallest absolute Gasteiger partial charge is 0.242 e. The Balaban J connectivity index is 1.86. The van der Waals surface area contributed by atoms with Crippen molar-refractivity contribution in [3.05, 3.63) is 53.5 Å². The number of amides is 1. The molecule has 0 radical (unpaired) electrons. The SMILES string of the molecule is Cc1ccc(CN(C)C(=O)CNc2ccc(C(C)(C)C)cc2)o1. The number of hydrogen-bond acceptors (Lipinski definition) is 3. The van der Waals surface area contributed by atoms with Crippen LogP contribution in [0.2, 0.25) is 0 Å². The lowest BCUT2D eigenvalue weighted by Crippen LogP contribution is -2.31. The normalized spacial score (nSPS) is 11.3. The van der Waals surface area contributed by atoms with Crippen molar-refractivity contribution in [2.45, 2.75) is 39.7 Å². The summed E-state index contributed by atoms with van der Waals surface area (Å²) in [5.41, 5.74) is 2.36. The number of aryl methyl sites for hydroxylation is 1. The van der Waals surface area contributed by atoms with Gasteiger partial charge in [0.15, 0.2) is 0 Å². The van der Waals surface area contributed by atoms with E-state index in [2.05, 4.69) is 38.2 Å². The zero-order valence-electron chi connectivity index (χ0n) is 14.6. The van der Waals surface area contributed by atoms with E-state index in [4.69, 9.17) is 4.42 Å². The summed E-state index contributed by atoms with van der Waals surface area (Å²) in [4.78, 5) is 13.8. The fourth-order valence-electron chi connectivity index (χ4n) is 2.29. The third-order valence-corrected chi connectivity index (χ3v) is 3.81. The van der Waals surface area contributed by atoms with Crippen LogP contribution in [0, 0.1) is 6.92 Å². The highest BCUT2D eigenvalue weighted by molar-refractivity contribution is 5.80. The number of anilines is 1. The van der Waals surface area contributed by atoms with Gasteiger partial charge < -0.3 is 14.6 Å². The molecule has 0 saturated carbocycles. The van der Waals surface area contributed by atoms with Crippen molar-refractivity contribution in [1.29, 1.82) is 0 Å². The molecule has 1 amide bonds. The number of nitrogens with zero attached hydrogens (tertiary/aromatic N) is 1. The zero-order valence-corrected chi connectivity index (χ0v) is 14.6. The first-order valence-corrected chi connectivity index (χ1v) is 7.89. The van der Waals surface area contributed by atoms with Gasteiger partial charge >= 0.3 is 0 Å². The molecule has 1 aromatic heterocycles. The minimum atomic E-state index is 0.0268. The molecular weight excluding hydrogens is 288 g/mol. The topological polar surface area (TPSA) is 45.5 Å². The fraction of sp³-hybridized carbons (Fsp3) is 0.421. The van der Waals surface area contributed by atoms with Crippen LogP contribution in [0.15, 0.2) is 40.8 Å². The Morgan fingerprint density at radius 1 is 1.13 bits per heavy atom. The van der Waals surface area contributed by atoms with E-state index in [1.54, 1.807) is 11.9 Å². The molecule has 0 spiro atoms. The van der Waals surface area contributed by atoms with E-state index >= 15 is 0 Å². The summed E-state index contributed by atoms with van der Waals surface area (Å²) in [6, 6.07) is 12.0. The molecule has 23 heavy (non-hydrogen) atoms. The fourth-order valence-corrected chi connectivity index (χ4v) is 2.29. The number of benzene rings is 1. The Labute approximate surface area is 138 Å². The Hall–Kier alpha value is -2.23. The van der Waals surface area contributed by atoms with E-state index in [1.807, 2.05) is 31.2 Å². The second-order valence-corrected chi connectivity index (χ2v) is 6.94. The van der Waals surface area contributed by atoms with Crippen molar-refractivity contribution in [2.75, 3.05) is 18.9 Å². The molecule has 0 unspecified atom stereocenters. The third-order valence-electron chi connectivity index (χ3n) is 3.81. The standard InChI is InChI=1S/C19H26N2O2/c1-14-6-11-17(23-14)13-21(5)18(22)12-20-16-9-7-15(8-10-16)19(2,3)4/h6-11,20H,12-13H2,1-5H3. The zero-order chi connectivity index (χ0) is 17.0. The summed E-state index contributed by atoms with van der Waals surface area (Å²) >= 11 is 0. The van der Waals surface area contributed by atoms with Crippen molar-refractivity contribution >= 4 is 11.6 Å². The van der Waals surface area contributed by atoms with E-state index in [0.29, 0.717) is 6.54 Å². The van der Waals surface area contributed by atoms with Crippen molar-refractivity contribution in [3.8, 4) is 0 Å². The van der Waals surface area contributed by atoms with Crippen molar-refractivity contribution in [2.24, 2.45) is 0 Å². The van der Waals surface area contributed by atoms with Gasteiger partial charge in [0.25, 0.3) is 0 Å². The lowest BCUT2D eigenvalue weighted by atomic mass is 9.87. The third kappa shape index (κ3) is 4.88. The van der Waals surface area contributed by atoms with Gasteiger partial charge in [0.2, 0.25) is 5.91 Å². The molecule has 0 fully saturated rings. The van der Waals surface area contributed by atoms with Crippen LogP contribution in [0.25, 0.3) is 0 Å². The minimum Gasteiger partial charge on any atom is -0.464 e. The maximum absolute atomic E-state index is 12.2. The average molecular weight is 314 g/mol. The number of rotatable bonds is 5. The highest BCUT2D eigenvalue weighted by atomic mass is 16.3. The number of carbonyl (C=O) groups is 1. The van der Waals surface area contributed by atoms with Crippen LogP contribution in [0.4, 0.5) is 5.69 Å². The van der Waals surface area contributed by atoms with Crippen molar-refractivity contribution in [3.63, 3.8) is 0 Å². The highest BCUT2D eigenvalue weighted by Crippen LogP contribution is 2.23. The molecule has 0 aliphatic rings. The summed E-state index contributed by atoms with van der Waals surface area (Å²) in [6.45, 7) is 9.20. The van der Waals surface area contributed by atoms with Crippen LogP contribution < -0.4 is 5.32 Å². The highest BCUT2D eigenvalue weighted by Gasteiger charge is 2.14. The number of hydrogen-bond donors (Lipinski definition) is 1. The van der Waals surface area contributed by atoms with E-state index < -0.39 is 0 Å². The van der Waals surface area contributed by atoms with Crippen LogP contribution in [-0.4, -0.2) is 24.4 Å². The molecule has 1 N–H and O–H groups in total. The maximum Gasteiger partial charge on any atom is 0.242 e. The van der Waals surface area contributed by atoms with E-state index in [9.17, 15) is 4.79 Å². The quantitative estimate of drug-likeness (QED) is 0.908. The summed E-state index contributed by atoms with van der Waals surface area (Å²) < 4.78 is 5.50. The van der Waals surface area contributed by atoms with Gasteiger partial charge in [-0.3, -0.25) is 4.79 Å². The number of carbonyl (C=O) groups excluding carboxylic acids is 1. The Morgan fingerprint density at radius 3 is 2.30 bits per heavy atom. The minimum absolute atomic E-state index is 0.0268. The molecule has 0 bridgehead atoms. The molecule has 4 heteroatoms. The molecule has 0 atom stereocenters. The van der Waals surface area contributed by atoms with Gasteiger partial charge in [0, 0.05) is 12.7 Å². The Bertz CT molecular complexity index is 651. The lowest BCUT2D eigenvalue weighted by molar-refractivity contribution is -0.128. The van der Waals surface area contributed by atoms with Gasteiger partial charge in [-0.2, -0.15) is 0 Å². The van der Waals surface area contributed by atoms with Crippen LogP contribution in [0.1, 0.15) is 37.9 Å². The molecule has 2 rings (SSSR count). The molecule has 4 nitrogen and oxygen atoms in total. The Morgan fingerprint density at radius 2 is 1.78 bits per heavy atom. The lowest BCUT2D eigenvalue weighted by Gasteiger charge is -2.20. The Kier molecular flexibility index (Phi) is 5.14. The van der Waals surface area contributed by atoms with Gasteiger partial charge in [-0.15, -0.1) is 0 Å². The van der Waals surface area contributed by atoms with Crippen LogP contribution >= 0.6 is 0 Å². The van der Waals surface area contributed by atoms with Gasteiger partial charge in [-0.05, 0) is 42.2 Å². The predicted octanol–water partition coefficient (Wildman–Crippen LogP) is 3.96. The van der Waals surface area contributed by atoms with Gasteiger partial charge in [-0.1, -0.05) is 32.9 Å². The first kappa shape index (κ1) is 17.1. The van der Waals surface area contributed by atoms with E-state index in [1.165, 1.54) is 5.56 Å². The summed E-state index contributed by atoms with van der Waals surface area (Å²) in [6.07, 6.45) is 0. The summed E-state index contributed by atoms with van der Waals surface area (Å²) in [5, 5.41) is 3.17. The molecule has 2 aromatic rings. The summed E-state index contributed by atoms with van der Waals surface area (Å²) in [5.74, 6) is 1.68. The molecule has 1 aromatic carbocycles. The second-order valence-electron chi connectivity index (χ2n) is 6.94. The largest absolute Gasteiger partial charge is 0.464 e. The van der Waals surface area contributed by atoms with Crippen LogP contribution in [-0.2, 0) is 16.8 Å². The van der Waals surface area contributed by atoms with E-state index in [0.717, 1.165) is 17.2 Å². The summed E-state index contributed by atoms with van der Waals surface area (Å²) in [7, 11) is 1.78. The van der Waals surface area contributed by atoms with Crippen LogP contribution in [0.5, 0.6) is 0 Å². The van der Waals surface area contributed by atoms with Gasteiger partial charge in [0.05, 0.1) is 13.1 Å². The predicted molar refractivity (Wildman–Crippen MR) is 93.6 cm³/mol. The number of nitrogens with one attached hydrogen (secondary N) is 1. The first-order valence-electron chi connectivity index (χ1n) is 7.89. The molecule has 1 heterocycles. The number of likely N-dealkylation sites (N-methyl/N-ethyl adjacent to an activating group) is 1. The number of furan rings is 1. The van der Waals surface area contributed by atoms with Gasteiger partial charge in [-0.25, -0.2) is 0 Å².